The molecule has 0 N–H and O–H groups in total. The molecule has 1 saturated heterocycles. The van der Waals surface area contributed by atoms with Crippen LogP contribution in [0.1, 0.15) is 12.0 Å². The van der Waals surface area contributed by atoms with Gasteiger partial charge in [0.15, 0.2) is 0 Å². The minimum atomic E-state index is 0.0856. The molecule has 16 heavy (non-hydrogen) atoms. The highest BCUT2D eigenvalue weighted by molar-refractivity contribution is 5.14. The second kappa shape index (κ2) is 5.64. The molecule has 0 spiro atoms. The zero-order chi connectivity index (χ0) is 11.2. The molecule has 1 fully saturated rings. The Kier molecular flexibility index (Phi) is 3.92. The molecule has 2 rings (SSSR count). The van der Waals surface area contributed by atoms with Gasteiger partial charge in [-0.05, 0) is 5.56 Å². The van der Waals surface area contributed by atoms with E-state index in [9.17, 15) is 0 Å². The van der Waals surface area contributed by atoms with Crippen LogP contribution in [0.15, 0.2) is 30.3 Å². The van der Waals surface area contributed by atoms with Crippen LogP contribution in [0.25, 0.3) is 0 Å². The fourth-order valence-electron chi connectivity index (χ4n) is 1.99. The van der Waals surface area contributed by atoms with Gasteiger partial charge in [0.1, 0.15) is 0 Å². The van der Waals surface area contributed by atoms with Crippen molar-refractivity contribution in [3.8, 4) is 6.07 Å². The Bertz CT molecular complexity index is 358. The summed E-state index contributed by atoms with van der Waals surface area (Å²) in [7, 11) is 0. The van der Waals surface area contributed by atoms with Crippen molar-refractivity contribution >= 4 is 0 Å². The first-order valence-electron chi connectivity index (χ1n) is 5.63. The molecule has 0 amide bonds. The Morgan fingerprint density at radius 3 is 2.94 bits per heavy atom. The van der Waals surface area contributed by atoms with E-state index in [0.717, 1.165) is 26.2 Å². The summed E-state index contributed by atoms with van der Waals surface area (Å²) in [4.78, 5) is 2.35. The van der Waals surface area contributed by atoms with Gasteiger partial charge >= 0.3 is 0 Å². The normalized spacial score (nSPS) is 21.6. The van der Waals surface area contributed by atoms with Gasteiger partial charge < -0.3 is 4.74 Å². The first kappa shape index (κ1) is 11.1. The molecule has 0 radical (unpaired) electrons. The van der Waals surface area contributed by atoms with E-state index in [4.69, 9.17) is 10.00 Å². The van der Waals surface area contributed by atoms with Crippen molar-refractivity contribution in [2.45, 2.75) is 19.1 Å². The molecular formula is C13H16N2O. The molecule has 3 nitrogen and oxygen atoms in total. The molecule has 1 heterocycles. The standard InChI is InChI=1S/C13H16N2O/c14-7-6-13-11-15(8-9-16-13)10-12-4-2-1-3-5-12/h1-5,13H,6,8-11H2/t13-/m1/s1. The van der Waals surface area contributed by atoms with Crippen molar-refractivity contribution in [2.24, 2.45) is 0 Å². The second-order valence-electron chi connectivity index (χ2n) is 4.08. The molecule has 0 saturated carbocycles. The molecule has 1 atom stereocenters. The molecule has 0 unspecified atom stereocenters. The lowest BCUT2D eigenvalue weighted by Gasteiger charge is -2.31. The Hall–Kier alpha value is -1.37. The lowest BCUT2D eigenvalue weighted by Crippen LogP contribution is -2.41. The van der Waals surface area contributed by atoms with Gasteiger partial charge in [-0.1, -0.05) is 30.3 Å². The molecule has 3 heteroatoms. The smallest absolute Gasteiger partial charge is 0.0832 e. The molecule has 0 aromatic heterocycles. The van der Waals surface area contributed by atoms with Crippen molar-refractivity contribution in [1.29, 1.82) is 5.26 Å². The van der Waals surface area contributed by atoms with Crippen LogP contribution in [0.2, 0.25) is 0 Å². The Balaban J connectivity index is 1.88. The maximum atomic E-state index is 8.65. The Labute approximate surface area is 96.2 Å². The third-order valence-electron chi connectivity index (χ3n) is 2.79. The number of benzene rings is 1. The zero-order valence-corrected chi connectivity index (χ0v) is 9.30. The van der Waals surface area contributed by atoms with E-state index in [1.54, 1.807) is 0 Å². The highest BCUT2D eigenvalue weighted by atomic mass is 16.5. The summed E-state index contributed by atoms with van der Waals surface area (Å²) < 4.78 is 5.52. The number of morpholine rings is 1. The molecular weight excluding hydrogens is 200 g/mol. The first-order chi connectivity index (χ1) is 7.88. The lowest BCUT2D eigenvalue weighted by molar-refractivity contribution is -0.0283. The van der Waals surface area contributed by atoms with Crippen LogP contribution in [0.5, 0.6) is 0 Å². The quantitative estimate of drug-likeness (QED) is 0.773. The monoisotopic (exact) mass is 216 g/mol. The minimum Gasteiger partial charge on any atom is -0.374 e. The van der Waals surface area contributed by atoms with E-state index < -0.39 is 0 Å². The van der Waals surface area contributed by atoms with Gasteiger partial charge in [0.05, 0.1) is 25.2 Å². The minimum absolute atomic E-state index is 0.0856. The lowest BCUT2D eigenvalue weighted by atomic mass is 10.1. The molecule has 0 bridgehead atoms. The van der Waals surface area contributed by atoms with Gasteiger partial charge in [-0.3, -0.25) is 4.90 Å². The summed E-state index contributed by atoms with van der Waals surface area (Å²) in [5.41, 5.74) is 1.32. The van der Waals surface area contributed by atoms with E-state index in [1.807, 2.05) is 6.07 Å². The van der Waals surface area contributed by atoms with Crippen LogP contribution in [-0.2, 0) is 11.3 Å². The summed E-state index contributed by atoms with van der Waals surface area (Å²) in [6, 6.07) is 12.6. The van der Waals surface area contributed by atoms with E-state index in [1.165, 1.54) is 5.56 Å². The van der Waals surface area contributed by atoms with Crippen LogP contribution in [0.3, 0.4) is 0 Å². The SMILES string of the molecule is N#CC[C@@H]1CN(Cc2ccccc2)CCO1. The van der Waals surface area contributed by atoms with E-state index in [2.05, 4.69) is 35.2 Å². The Morgan fingerprint density at radius 1 is 1.38 bits per heavy atom. The fourth-order valence-corrected chi connectivity index (χ4v) is 1.99. The number of nitrogens with zero attached hydrogens (tertiary/aromatic N) is 2. The van der Waals surface area contributed by atoms with Crippen LogP contribution in [0.4, 0.5) is 0 Å². The van der Waals surface area contributed by atoms with Crippen LogP contribution < -0.4 is 0 Å². The van der Waals surface area contributed by atoms with Gasteiger partial charge in [-0.25, -0.2) is 0 Å². The molecule has 84 valence electrons. The molecule has 0 aliphatic carbocycles. The highest BCUT2D eigenvalue weighted by Crippen LogP contribution is 2.11. The first-order valence-corrected chi connectivity index (χ1v) is 5.63. The van der Waals surface area contributed by atoms with Crippen LogP contribution in [-0.4, -0.2) is 30.7 Å². The maximum absolute atomic E-state index is 8.65. The van der Waals surface area contributed by atoms with Gasteiger partial charge in [0.25, 0.3) is 0 Å². The predicted octanol–water partition coefficient (Wildman–Crippen LogP) is 1.80. The topological polar surface area (TPSA) is 36.3 Å². The second-order valence-corrected chi connectivity index (χ2v) is 4.08. The average Bonchev–Trinajstić information content (AvgIpc) is 2.31. The van der Waals surface area contributed by atoms with Gasteiger partial charge in [-0.2, -0.15) is 5.26 Å². The summed E-state index contributed by atoms with van der Waals surface area (Å²) in [6.07, 6.45) is 0.577. The largest absolute Gasteiger partial charge is 0.374 e. The third-order valence-corrected chi connectivity index (χ3v) is 2.79. The zero-order valence-electron chi connectivity index (χ0n) is 9.30. The molecule has 1 aliphatic heterocycles. The van der Waals surface area contributed by atoms with Crippen LogP contribution in [0, 0.1) is 11.3 Å². The number of rotatable bonds is 3. The van der Waals surface area contributed by atoms with Gasteiger partial charge in [0.2, 0.25) is 0 Å². The third kappa shape index (κ3) is 3.06. The van der Waals surface area contributed by atoms with Crippen molar-refractivity contribution in [1.82, 2.24) is 4.90 Å². The van der Waals surface area contributed by atoms with Crippen molar-refractivity contribution in [3.63, 3.8) is 0 Å². The number of nitriles is 1. The number of hydrogen-bond donors (Lipinski definition) is 0. The fraction of sp³-hybridized carbons (Fsp3) is 0.462. The van der Waals surface area contributed by atoms with E-state index >= 15 is 0 Å². The van der Waals surface area contributed by atoms with Gasteiger partial charge in [0, 0.05) is 19.6 Å². The van der Waals surface area contributed by atoms with E-state index in [0.29, 0.717) is 6.42 Å². The van der Waals surface area contributed by atoms with Gasteiger partial charge in [-0.15, -0.1) is 0 Å². The summed E-state index contributed by atoms with van der Waals surface area (Å²) in [5.74, 6) is 0. The Morgan fingerprint density at radius 2 is 2.19 bits per heavy atom. The number of ether oxygens (including phenoxy) is 1. The summed E-state index contributed by atoms with van der Waals surface area (Å²) in [6.45, 7) is 3.50. The van der Waals surface area contributed by atoms with Crippen molar-refractivity contribution in [2.75, 3.05) is 19.7 Å². The summed E-state index contributed by atoms with van der Waals surface area (Å²) >= 11 is 0. The van der Waals surface area contributed by atoms with E-state index in [-0.39, 0.29) is 6.10 Å². The van der Waals surface area contributed by atoms with Crippen molar-refractivity contribution in [3.05, 3.63) is 35.9 Å². The maximum Gasteiger partial charge on any atom is 0.0832 e. The molecule has 1 aliphatic rings. The molecule has 1 aromatic rings. The molecule has 1 aromatic carbocycles. The number of hydrogen-bond acceptors (Lipinski definition) is 3. The predicted molar refractivity (Wildman–Crippen MR) is 61.7 cm³/mol. The van der Waals surface area contributed by atoms with Crippen molar-refractivity contribution < 1.29 is 4.74 Å². The van der Waals surface area contributed by atoms with Crippen LogP contribution >= 0.6 is 0 Å². The average molecular weight is 216 g/mol. The summed E-state index contributed by atoms with van der Waals surface area (Å²) in [5, 5.41) is 8.65. The highest BCUT2D eigenvalue weighted by Gasteiger charge is 2.19.